The molecule has 1 saturated heterocycles. The largest absolute Gasteiger partial charge is 0.368 e. The van der Waals surface area contributed by atoms with Crippen LogP contribution in [0, 0.1) is 0 Å². The van der Waals surface area contributed by atoms with E-state index in [1.165, 1.54) is 19.3 Å². The van der Waals surface area contributed by atoms with E-state index in [0.29, 0.717) is 0 Å². The van der Waals surface area contributed by atoms with E-state index in [1.54, 1.807) is 0 Å². The van der Waals surface area contributed by atoms with Crippen molar-refractivity contribution < 1.29 is 4.79 Å². The number of amides is 1. The molecule has 4 nitrogen and oxygen atoms in total. The smallest absolute Gasteiger partial charge is 0.237 e. The zero-order chi connectivity index (χ0) is 15.9. The quantitative estimate of drug-likeness (QED) is 0.610. The number of hydrogen-bond acceptors (Lipinski definition) is 3. The van der Waals surface area contributed by atoms with Gasteiger partial charge in [0.15, 0.2) is 0 Å². The fourth-order valence-corrected chi connectivity index (χ4v) is 3.44. The Bertz CT molecular complexity index is 321. The molecule has 3 atom stereocenters. The SMILES string of the molecule is CCCNC(C)(CCCCN1C(C)CCC1CC)C(N)=O. The van der Waals surface area contributed by atoms with Crippen molar-refractivity contribution in [1.82, 2.24) is 10.2 Å². The van der Waals surface area contributed by atoms with Crippen molar-refractivity contribution in [1.29, 1.82) is 0 Å². The first-order valence-corrected chi connectivity index (χ1v) is 8.75. The van der Waals surface area contributed by atoms with E-state index >= 15 is 0 Å². The van der Waals surface area contributed by atoms with Crippen LogP contribution in [0.5, 0.6) is 0 Å². The van der Waals surface area contributed by atoms with E-state index in [4.69, 9.17) is 5.73 Å². The van der Waals surface area contributed by atoms with E-state index in [-0.39, 0.29) is 5.91 Å². The highest BCUT2D eigenvalue weighted by molar-refractivity contribution is 5.84. The van der Waals surface area contributed by atoms with Gasteiger partial charge in [-0.3, -0.25) is 9.69 Å². The molecule has 0 saturated carbocycles. The molecule has 0 bridgehead atoms. The van der Waals surface area contributed by atoms with Gasteiger partial charge in [-0.05, 0) is 71.9 Å². The summed E-state index contributed by atoms with van der Waals surface area (Å²) in [7, 11) is 0. The summed E-state index contributed by atoms with van der Waals surface area (Å²) < 4.78 is 0. The Kier molecular flexibility index (Phi) is 7.67. The standard InChI is InChI=1S/C17H35N3O/c1-5-12-19-17(4,16(18)21)11-7-8-13-20-14(3)9-10-15(20)6-2/h14-15,19H,5-13H2,1-4H3,(H2,18,21). The van der Waals surface area contributed by atoms with Crippen LogP contribution in [0.3, 0.4) is 0 Å². The molecule has 21 heavy (non-hydrogen) atoms. The Balaban J connectivity index is 2.35. The number of nitrogens with zero attached hydrogens (tertiary/aromatic N) is 1. The maximum atomic E-state index is 11.7. The van der Waals surface area contributed by atoms with E-state index in [9.17, 15) is 4.79 Å². The van der Waals surface area contributed by atoms with Crippen LogP contribution in [-0.4, -0.2) is 41.5 Å². The Labute approximate surface area is 130 Å². The van der Waals surface area contributed by atoms with Crippen LogP contribution < -0.4 is 11.1 Å². The average Bonchev–Trinajstić information content (AvgIpc) is 2.81. The monoisotopic (exact) mass is 297 g/mol. The van der Waals surface area contributed by atoms with Crippen molar-refractivity contribution in [3.05, 3.63) is 0 Å². The van der Waals surface area contributed by atoms with Gasteiger partial charge >= 0.3 is 0 Å². The third kappa shape index (κ3) is 5.26. The van der Waals surface area contributed by atoms with Gasteiger partial charge in [0.05, 0.1) is 5.54 Å². The number of carbonyl (C=O) groups excluding carboxylic acids is 1. The Morgan fingerprint density at radius 1 is 1.33 bits per heavy atom. The van der Waals surface area contributed by atoms with Gasteiger partial charge < -0.3 is 11.1 Å². The summed E-state index contributed by atoms with van der Waals surface area (Å²) in [6.45, 7) is 10.7. The Morgan fingerprint density at radius 2 is 2.05 bits per heavy atom. The molecule has 0 spiro atoms. The molecular formula is C17H35N3O. The molecule has 124 valence electrons. The summed E-state index contributed by atoms with van der Waals surface area (Å²) in [5, 5.41) is 3.31. The van der Waals surface area contributed by atoms with Crippen molar-refractivity contribution in [3.8, 4) is 0 Å². The second kappa shape index (κ2) is 8.74. The summed E-state index contributed by atoms with van der Waals surface area (Å²) in [6.07, 6.45) is 7.98. The zero-order valence-electron chi connectivity index (χ0n) is 14.5. The number of rotatable bonds is 10. The summed E-state index contributed by atoms with van der Waals surface area (Å²) in [5.74, 6) is -0.225. The van der Waals surface area contributed by atoms with Crippen LogP contribution in [0.2, 0.25) is 0 Å². The fraction of sp³-hybridized carbons (Fsp3) is 0.941. The zero-order valence-corrected chi connectivity index (χ0v) is 14.5. The summed E-state index contributed by atoms with van der Waals surface area (Å²) in [5.41, 5.74) is 5.03. The third-order valence-corrected chi connectivity index (χ3v) is 5.08. The second-order valence-corrected chi connectivity index (χ2v) is 6.81. The summed E-state index contributed by atoms with van der Waals surface area (Å²) >= 11 is 0. The topological polar surface area (TPSA) is 58.4 Å². The molecule has 0 aromatic carbocycles. The number of nitrogens with two attached hydrogens (primary N) is 1. The van der Waals surface area contributed by atoms with E-state index < -0.39 is 5.54 Å². The summed E-state index contributed by atoms with van der Waals surface area (Å²) in [4.78, 5) is 14.3. The molecule has 1 heterocycles. The average molecular weight is 297 g/mol. The molecule has 0 radical (unpaired) electrons. The van der Waals surface area contributed by atoms with Gasteiger partial charge in [-0.1, -0.05) is 13.8 Å². The lowest BCUT2D eigenvalue weighted by atomic mass is 9.93. The number of primary amides is 1. The molecule has 0 aliphatic carbocycles. The molecule has 0 aromatic heterocycles. The first-order chi connectivity index (χ1) is 9.94. The van der Waals surface area contributed by atoms with Gasteiger partial charge in [-0.15, -0.1) is 0 Å². The minimum Gasteiger partial charge on any atom is -0.368 e. The Morgan fingerprint density at radius 3 is 2.62 bits per heavy atom. The van der Waals surface area contributed by atoms with Crippen LogP contribution in [-0.2, 0) is 4.79 Å². The van der Waals surface area contributed by atoms with Crippen LogP contribution >= 0.6 is 0 Å². The highest BCUT2D eigenvalue weighted by atomic mass is 16.1. The van der Waals surface area contributed by atoms with Gasteiger partial charge in [0.25, 0.3) is 0 Å². The molecule has 1 rings (SSSR count). The van der Waals surface area contributed by atoms with Crippen LogP contribution in [0.25, 0.3) is 0 Å². The van der Waals surface area contributed by atoms with Crippen molar-refractivity contribution in [3.63, 3.8) is 0 Å². The molecular weight excluding hydrogens is 262 g/mol. The lowest BCUT2D eigenvalue weighted by molar-refractivity contribution is -0.124. The second-order valence-electron chi connectivity index (χ2n) is 6.81. The van der Waals surface area contributed by atoms with Crippen LogP contribution in [0.4, 0.5) is 0 Å². The van der Waals surface area contributed by atoms with Gasteiger partial charge in [-0.25, -0.2) is 0 Å². The fourth-order valence-electron chi connectivity index (χ4n) is 3.44. The first-order valence-electron chi connectivity index (χ1n) is 8.75. The normalized spacial score (nSPS) is 25.9. The van der Waals surface area contributed by atoms with Crippen molar-refractivity contribution in [2.75, 3.05) is 13.1 Å². The lowest BCUT2D eigenvalue weighted by Gasteiger charge is -2.30. The maximum Gasteiger partial charge on any atom is 0.237 e. The molecule has 1 amide bonds. The maximum absolute atomic E-state index is 11.7. The minimum atomic E-state index is -0.545. The van der Waals surface area contributed by atoms with Crippen molar-refractivity contribution in [2.24, 2.45) is 5.73 Å². The predicted molar refractivity (Wildman–Crippen MR) is 89.2 cm³/mol. The molecule has 1 aliphatic rings. The minimum absolute atomic E-state index is 0.225. The predicted octanol–water partition coefficient (Wildman–Crippen LogP) is 2.66. The highest BCUT2D eigenvalue weighted by Crippen LogP contribution is 2.26. The highest BCUT2D eigenvalue weighted by Gasteiger charge is 2.31. The van der Waals surface area contributed by atoms with Gasteiger partial charge in [0, 0.05) is 12.1 Å². The van der Waals surface area contributed by atoms with E-state index in [0.717, 1.165) is 50.9 Å². The van der Waals surface area contributed by atoms with Crippen molar-refractivity contribution >= 4 is 5.91 Å². The van der Waals surface area contributed by atoms with Gasteiger partial charge in [0.1, 0.15) is 0 Å². The third-order valence-electron chi connectivity index (χ3n) is 5.08. The number of carbonyl (C=O) groups is 1. The van der Waals surface area contributed by atoms with Gasteiger partial charge in [0.2, 0.25) is 5.91 Å². The lowest BCUT2D eigenvalue weighted by Crippen LogP contribution is -2.53. The van der Waals surface area contributed by atoms with E-state index in [1.807, 2.05) is 6.92 Å². The molecule has 1 fully saturated rings. The van der Waals surface area contributed by atoms with Crippen LogP contribution in [0.15, 0.2) is 0 Å². The van der Waals surface area contributed by atoms with E-state index in [2.05, 4.69) is 31.0 Å². The van der Waals surface area contributed by atoms with Crippen LogP contribution in [0.1, 0.15) is 72.6 Å². The molecule has 0 aromatic rings. The summed E-state index contributed by atoms with van der Waals surface area (Å²) in [6, 6.07) is 1.48. The number of unbranched alkanes of at least 4 members (excludes halogenated alkanes) is 1. The molecule has 4 heteroatoms. The van der Waals surface area contributed by atoms with Crippen molar-refractivity contribution in [2.45, 2.75) is 90.3 Å². The number of nitrogens with one attached hydrogen (secondary N) is 1. The number of hydrogen-bond donors (Lipinski definition) is 2. The Hall–Kier alpha value is -0.610. The first kappa shape index (κ1) is 18.4. The molecule has 1 aliphatic heterocycles. The molecule has 3 unspecified atom stereocenters. The van der Waals surface area contributed by atoms with Gasteiger partial charge in [-0.2, -0.15) is 0 Å². The number of likely N-dealkylation sites (tertiary alicyclic amines) is 1. The molecule has 3 N–H and O–H groups in total.